The van der Waals surface area contributed by atoms with Crippen LogP contribution in [0.15, 0.2) is 48.7 Å². The first kappa shape index (κ1) is 12.4. The maximum absolute atomic E-state index is 12.2. The predicted octanol–water partition coefficient (Wildman–Crippen LogP) is 3.13. The normalized spacial score (nSPS) is 10.7. The highest BCUT2D eigenvalue weighted by Crippen LogP contribution is 2.19. The quantitative estimate of drug-likeness (QED) is 0.773. The first-order valence-electron chi connectivity index (χ1n) is 6.43. The molecular weight excluding hydrogens is 250 g/mol. The van der Waals surface area contributed by atoms with E-state index in [1.165, 1.54) is 0 Å². The highest BCUT2D eigenvalue weighted by Gasteiger charge is 2.07. The number of hydrogen-bond donors (Lipinski definition) is 1. The number of anilines is 1. The molecular formula is C16H15N3O. The van der Waals surface area contributed by atoms with Gasteiger partial charge in [0.05, 0.1) is 11.7 Å². The zero-order valence-electron chi connectivity index (χ0n) is 11.4. The van der Waals surface area contributed by atoms with E-state index in [-0.39, 0.29) is 5.91 Å². The molecule has 0 saturated heterocycles. The molecule has 1 aromatic heterocycles. The molecule has 1 amide bonds. The van der Waals surface area contributed by atoms with Crippen molar-refractivity contribution in [3.8, 4) is 0 Å². The molecule has 0 spiro atoms. The lowest BCUT2D eigenvalue weighted by Crippen LogP contribution is -2.11. The monoisotopic (exact) mass is 265 g/mol. The van der Waals surface area contributed by atoms with Crippen molar-refractivity contribution < 1.29 is 4.79 Å². The van der Waals surface area contributed by atoms with Crippen LogP contribution in [0.1, 0.15) is 15.9 Å². The Morgan fingerprint density at radius 1 is 1.20 bits per heavy atom. The Balaban J connectivity index is 1.89. The Hall–Kier alpha value is -2.62. The largest absolute Gasteiger partial charge is 0.322 e. The maximum Gasteiger partial charge on any atom is 0.255 e. The molecule has 0 aliphatic carbocycles. The van der Waals surface area contributed by atoms with Crippen LogP contribution in [0, 0.1) is 6.92 Å². The first-order chi connectivity index (χ1) is 9.63. The van der Waals surface area contributed by atoms with Crippen molar-refractivity contribution in [1.82, 2.24) is 9.78 Å². The van der Waals surface area contributed by atoms with Crippen molar-refractivity contribution in [2.75, 3.05) is 5.32 Å². The molecule has 0 bridgehead atoms. The number of aryl methyl sites for hydroxylation is 2. The number of amides is 1. The Kier molecular flexibility index (Phi) is 2.99. The number of fused-ring (bicyclic) bond motifs is 1. The number of hydrogen-bond acceptors (Lipinski definition) is 2. The lowest BCUT2D eigenvalue weighted by molar-refractivity contribution is 0.102. The molecule has 0 aliphatic heterocycles. The number of nitrogens with zero attached hydrogens (tertiary/aromatic N) is 2. The summed E-state index contributed by atoms with van der Waals surface area (Å²) in [5, 5.41) is 8.16. The van der Waals surface area contributed by atoms with E-state index in [9.17, 15) is 4.79 Å². The van der Waals surface area contributed by atoms with Crippen molar-refractivity contribution >= 4 is 22.5 Å². The minimum absolute atomic E-state index is 0.102. The summed E-state index contributed by atoms with van der Waals surface area (Å²) in [6.45, 7) is 1.97. The molecule has 0 aliphatic rings. The van der Waals surface area contributed by atoms with E-state index in [0.717, 1.165) is 22.2 Å². The van der Waals surface area contributed by atoms with Gasteiger partial charge < -0.3 is 5.32 Å². The number of benzene rings is 2. The van der Waals surface area contributed by atoms with E-state index < -0.39 is 0 Å². The SMILES string of the molecule is Cc1cccc(C(=O)Nc2ccc3cnn(C)c3c2)c1. The van der Waals surface area contributed by atoms with Gasteiger partial charge in [-0.1, -0.05) is 17.7 Å². The number of nitrogens with one attached hydrogen (secondary N) is 1. The summed E-state index contributed by atoms with van der Waals surface area (Å²) in [6.07, 6.45) is 1.81. The highest BCUT2D eigenvalue weighted by molar-refractivity contribution is 6.05. The molecule has 20 heavy (non-hydrogen) atoms. The summed E-state index contributed by atoms with van der Waals surface area (Å²) in [5.74, 6) is -0.102. The number of carbonyl (C=O) groups is 1. The minimum atomic E-state index is -0.102. The van der Waals surface area contributed by atoms with Gasteiger partial charge in [-0.05, 0) is 37.3 Å². The highest BCUT2D eigenvalue weighted by atomic mass is 16.1. The van der Waals surface area contributed by atoms with E-state index in [0.29, 0.717) is 5.56 Å². The van der Waals surface area contributed by atoms with Crippen LogP contribution in [0.4, 0.5) is 5.69 Å². The van der Waals surface area contributed by atoms with Gasteiger partial charge in [-0.25, -0.2) is 0 Å². The van der Waals surface area contributed by atoms with E-state index in [4.69, 9.17) is 0 Å². The Morgan fingerprint density at radius 3 is 2.85 bits per heavy atom. The van der Waals surface area contributed by atoms with Crippen molar-refractivity contribution in [3.05, 3.63) is 59.8 Å². The zero-order valence-corrected chi connectivity index (χ0v) is 11.4. The van der Waals surface area contributed by atoms with Crippen LogP contribution in [-0.2, 0) is 7.05 Å². The van der Waals surface area contributed by atoms with Gasteiger partial charge in [0.15, 0.2) is 0 Å². The van der Waals surface area contributed by atoms with Gasteiger partial charge in [-0.2, -0.15) is 5.10 Å². The Bertz CT molecular complexity index is 789. The molecule has 1 N–H and O–H groups in total. The molecule has 2 aromatic carbocycles. The number of aromatic nitrogens is 2. The van der Waals surface area contributed by atoms with Gasteiger partial charge in [0.2, 0.25) is 0 Å². The third-order valence-electron chi connectivity index (χ3n) is 3.29. The van der Waals surface area contributed by atoms with Crippen LogP contribution in [0.2, 0.25) is 0 Å². The van der Waals surface area contributed by atoms with Crippen LogP contribution in [0.3, 0.4) is 0 Å². The molecule has 100 valence electrons. The molecule has 0 fully saturated rings. The average molecular weight is 265 g/mol. The fraction of sp³-hybridized carbons (Fsp3) is 0.125. The molecule has 3 rings (SSSR count). The third-order valence-corrected chi connectivity index (χ3v) is 3.29. The summed E-state index contributed by atoms with van der Waals surface area (Å²) in [5.41, 5.74) is 3.49. The molecule has 3 aromatic rings. The molecule has 0 radical (unpaired) electrons. The van der Waals surface area contributed by atoms with E-state index in [1.54, 1.807) is 4.68 Å². The molecule has 4 heteroatoms. The second-order valence-corrected chi connectivity index (χ2v) is 4.87. The zero-order chi connectivity index (χ0) is 14.1. The Morgan fingerprint density at radius 2 is 2.05 bits per heavy atom. The molecule has 4 nitrogen and oxygen atoms in total. The van der Waals surface area contributed by atoms with Crippen molar-refractivity contribution in [2.24, 2.45) is 7.05 Å². The summed E-state index contributed by atoms with van der Waals surface area (Å²) < 4.78 is 1.79. The van der Waals surface area contributed by atoms with Crippen LogP contribution < -0.4 is 5.32 Å². The van der Waals surface area contributed by atoms with E-state index >= 15 is 0 Å². The third kappa shape index (κ3) is 2.28. The minimum Gasteiger partial charge on any atom is -0.322 e. The van der Waals surface area contributed by atoms with Crippen LogP contribution in [0.25, 0.3) is 10.9 Å². The summed E-state index contributed by atoms with van der Waals surface area (Å²) in [4.78, 5) is 12.2. The molecule has 0 atom stereocenters. The van der Waals surface area contributed by atoms with Crippen molar-refractivity contribution in [2.45, 2.75) is 6.92 Å². The van der Waals surface area contributed by atoms with Crippen LogP contribution >= 0.6 is 0 Å². The molecule has 1 heterocycles. The van der Waals surface area contributed by atoms with E-state index in [1.807, 2.05) is 62.6 Å². The lowest BCUT2D eigenvalue weighted by Gasteiger charge is -2.06. The fourth-order valence-corrected chi connectivity index (χ4v) is 2.21. The van der Waals surface area contributed by atoms with Gasteiger partial charge in [0, 0.05) is 23.7 Å². The summed E-state index contributed by atoms with van der Waals surface area (Å²) >= 11 is 0. The van der Waals surface area contributed by atoms with Gasteiger partial charge >= 0.3 is 0 Å². The van der Waals surface area contributed by atoms with Crippen molar-refractivity contribution in [3.63, 3.8) is 0 Å². The second kappa shape index (κ2) is 4.81. The molecule has 0 saturated carbocycles. The standard InChI is InChI=1S/C16H15N3O/c1-11-4-3-5-12(8-11)16(20)18-14-7-6-13-10-17-19(2)15(13)9-14/h3-10H,1-2H3,(H,18,20). The van der Waals surface area contributed by atoms with E-state index in [2.05, 4.69) is 10.4 Å². The first-order valence-corrected chi connectivity index (χ1v) is 6.43. The lowest BCUT2D eigenvalue weighted by atomic mass is 10.1. The van der Waals surface area contributed by atoms with Gasteiger partial charge in [-0.3, -0.25) is 9.48 Å². The Labute approximate surface area is 117 Å². The number of carbonyl (C=O) groups excluding carboxylic acids is 1. The van der Waals surface area contributed by atoms with Crippen LogP contribution in [-0.4, -0.2) is 15.7 Å². The summed E-state index contributed by atoms with van der Waals surface area (Å²) in [6, 6.07) is 13.3. The van der Waals surface area contributed by atoms with Crippen molar-refractivity contribution in [1.29, 1.82) is 0 Å². The van der Waals surface area contributed by atoms with Gasteiger partial charge in [0.1, 0.15) is 0 Å². The number of rotatable bonds is 2. The smallest absolute Gasteiger partial charge is 0.255 e. The predicted molar refractivity (Wildman–Crippen MR) is 79.8 cm³/mol. The average Bonchev–Trinajstić information content (AvgIpc) is 2.80. The maximum atomic E-state index is 12.2. The van der Waals surface area contributed by atoms with Crippen LogP contribution in [0.5, 0.6) is 0 Å². The van der Waals surface area contributed by atoms with Gasteiger partial charge in [-0.15, -0.1) is 0 Å². The van der Waals surface area contributed by atoms with Gasteiger partial charge in [0.25, 0.3) is 5.91 Å². The summed E-state index contributed by atoms with van der Waals surface area (Å²) in [7, 11) is 1.88. The fourth-order valence-electron chi connectivity index (χ4n) is 2.21. The topological polar surface area (TPSA) is 46.9 Å². The second-order valence-electron chi connectivity index (χ2n) is 4.87. The molecule has 0 unspecified atom stereocenters.